The van der Waals surface area contributed by atoms with Gasteiger partial charge in [-0.25, -0.2) is 14.6 Å². The number of benzene rings is 1. The van der Waals surface area contributed by atoms with E-state index in [1.54, 1.807) is 12.1 Å². The van der Waals surface area contributed by atoms with Gasteiger partial charge in [-0.3, -0.25) is 0 Å². The Bertz CT molecular complexity index is 559. The number of fused-ring (bicyclic) bond motifs is 1. The van der Waals surface area contributed by atoms with Crippen LogP contribution in [0.15, 0.2) is 29.2 Å². The van der Waals surface area contributed by atoms with Gasteiger partial charge in [0.1, 0.15) is 0 Å². The maximum atomic E-state index is 10.9. The van der Waals surface area contributed by atoms with Crippen LogP contribution in [0.4, 0.5) is 0 Å². The summed E-state index contributed by atoms with van der Waals surface area (Å²) in [5.74, 6) is -1.07. The first-order valence-electron chi connectivity index (χ1n) is 3.90. The van der Waals surface area contributed by atoms with E-state index < -0.39 is 11.7 Å². The third kappa shape index (κ3) is 1.24. The van der Waals surface area contributed by atoms with Gasteiger partial charge in [-0.05, 0) is 6.07 Å². The van der Waals surface area contributed by atoms with Gasteiger partial charge in [0, 0.05) is 11.6 Å². The van der Waals surface area contributed by atoms with Gasteiger partial charge in [0.05, 0.1) is 11.1 Å². The summed E-state index contributed by atoms with van der Waals surface area (Å²) >= 11 is 0. The smallest absolute Gasteiger partial charge is 0.345 e. The van der Waals surface area contributed by atoms with Crippen molar-refractivity contribution in [1.82, 2.24) is 9.97 Å². The van der Waals surface area contributed by atoms with Crippen LogP contribution in [-0.2, 0) is 0 Å². The fourth-order valence-corrected chi connectivity index (χ4v) is 1.26. The number of carboxylic acids is 1. The zero-order valence-electron chi connectivity index (χ0n) is 7.02. The van der Waals surface area contributed by atoms with E-state index in [1.165, 1.54) is 12.3 Å². The number of para-hydroxylation sites is 1. The van der Waals surface area contributed by atoms with Crippen molar-refractivity contribution in [2.24, 2.45) is 0 Å². The van der Waals surface area contributed by atoms with Gasteiger partial charge in [-0.2, -0.15) is 0 Å². The highest BCUT2D eigenvalue weighted by Gasteiger charge is 2.08. The number of hydrogen-bond acceptors (Lipinski definition) is 3. The van der Waals surface area contributed by atoms with E-state index in [9.17, 15) is 9.59 Å². The lowest BCUT2D eigenvalue weighted by molar-refractivity contribution is 0.0699. The molecule has 1 heterocycles. The highest BCUT2D eigenvalue weighted by molar-refractivity contribution is 6.01. The molecule has 14 heavy (non-hydrogen) atoms. The van der Waals surface area contributed by atoms with Crippen LogP contribution in [0, 0.1) is 0 Å². The van der Waals surface area contributed by atoms with Crippen LogP contribution in [0.1, 0.15) is 10.4 Å². The predicted molar refractivity (Wildman–Crippen MR) is 49.3 cm³/mol. The Morgan fingerprint density at radius 2 is 2.21 bits per heavy atom. The third-order valence-electron chi connectivity index (χ3n) is 1.88. The molecule has 1 aromatic heterocycles. The first kappa shape index (κ1) is 8.43. The second-order valence-corrected chi connectivity index (χ2v) is 2.76. The number of H-pyrrole nitrogens is 1. The summed E-state index contributed by atoms with van der Waals surface area (Å²) in [6.45, 7) is 0. The standard InChI is InChI=1S/C9H6N2O3/c12-8(13)6-3-1-2-5-4-10-9(14)11-7(5)6/h1-4H,(H,12,13)(H,10,11,14). The number of nitrogens with zero attached hydrogens (tertiary/aromatic N) is 1. The van der Waals surface area contributed by atoms with E-state index >= 15 is 0 Å². The number of hydrogen-bond donors (Lipinski definition) is 2. The largest absolute Gasteiger partial charge is 0.478 e. The Morgan fingerprint density at radius 3 is 2.93 bits per heavy atom. The number of rotatable bonds is 1. The Kier molecular flexibility index (Phi) is 1.78. The van der Waals surface area contributed by atoms with E-state index in [4.69, 9.17) is 5.11 Å². The van der Waals surface area contributed by atoms with E-state index in [0.717, 1.165) is 0 Å². The zero-order valence-corrected chi connectivity index (χ0v) is 7.02. The van der Waals surface area contributed by atoms with Crippen molar-refractivity contribution < 1.29 is 9.90 Å². The Hall–Kier alpha value is -2.17. The topological polar surface area (TPSA) is 83.0 Å². The van der Waals surface area contributed by atoms with Crippen LogP contribution in [0.25, 0.3) is 10.9 Å². The normalized spacial score (nSPS) is 10.3. The number of aromatic amines is 1. The van der Waals surface area contributed by atoms with E-state index in [1.807, 2.05) is 0 Å². The SMILES string of the molecule is O=C(O)c1cccc2cnc(=O)[nH]c12. The van der Waals surface area contributed by atoms with Crippen LogP contribution < -0.4 is 5.69 Å². The lowest BCUT2D eigenvalue weighted by Crippen LogP contribution is -2.11. The molecule has 0 atom stereocenters. The molecule has 5 heteroatoms. The lowest BCUT2D eigenvalue weighted by atomic mass is 10.1. The molecule has 2 rings (SSSR count). The average molecular weight is 190 g/mol. The minimum absolute atomic E-state index is 0.0713. The fraction of sp³-hybridized carbons (Fsp3) is 0. The molecule has 0 unspecified atom stereocenters. The minimum atomic E-state index is -1.07. The second-order valence-electron chi connectivity index (χ2n) is 2.76. The van der Waals surface area contributed by atoms with Gasteiger partial charge >= 0.3 is 11.7 Å². The van der Waals surface area contributed by atoms with E-state index in [2.05, 4.69) is 9.97 Å². The summed E-state index contributed by atoms with van der Waals surface area (Å²) < 4.78 is 0. The molecule has 1 aromatic carbocycles. The van der Waals surface area contributed by atoms with Crippen LogP contribution >= 0.6 is 0 Å². The van der Waals surface area contributed by atoms with Crippen molar-refractivity contribution in [1.29, 1.82) is 0 Å². The van der Waals surface area contributed by atoms with Crippen molar-refractivity contribution in [2.75, 3.05) is 0 Å². The van der Waals surface area contributed by atoms with Crippen molar-refractivity contribution in [3.05, 3.63) is 40.4 Å². The zero-order chi connectivity index (χ0) is 10.1. The highest BCUT2D eigenvalue weighted by Crippen LogP contribution is 2.13. The Labute approximate surface area is 78.0 Å². The minimum Gasteiger partial charge on any atom is -0.478 e. The van der Waals surface area contributed by atoms with Crippen molar-refractivity contribution in [3.8, 4) is 0 Å². The molecule has 5 nitrogen and oxygen atoms in total. The molecule has 70 valence electrons. The van der Waals surface area contributed by atoms with Gasteiger partial charge in [0.25, 0.3) is 0 Å². The molecular weight excluding hydrogens is 184 g/mol. The van der Waals surface area contributed by atoms with Gasteiger partial charge in [0.2, 0.25) is 0 Å². The molecule has 0 aliphatic carbocycles. The van der Waals surface area contributed by atoms with Crippen molar-refractivity contribution in [2.45, 2.75) is 0 Å². The maximum absolute atomic E-state index is 10.9. The number of carboxylic acid groups (broad SMARTS) is 1. The molecule has 0 saturated carbocycles. The summed E-state index contributed by atoms with van der Waals surface area (Å²) in [6, 6.07) is 4.72. The maximum Gasteiger partial charge on any atom is 0.345 e. The Balaban J connectivity index is 2.91. The summed E-state index contributed by atoms with van der Waals surface area (Å²) in [6.07, 6.45) is 1.35. The van der Waals surface area contributed by atoms with Gasteiger partial charge in [0.15, 0.2) is 0 Å². The Morgan fingerprint density at radius 1 is 1.43 bits per heavy atom. The summed E-state index contributed by atoms with van der Waals surface area (Å²) in [5, 5.41) is 9.43. The van der Waals surface area contributed by atoms with Gasteiger partial charge in [-0.1, -0.05) is 12.1 Å². The molecule has 0 fully saturated rings. The summed E-state index contributed by atoms with van der Waals surface area (Å²) in [7, 11) is 0. The lowest BCUT2D eigenvalue weighted by Gasteiger charge is -1.99. The number of aromatic carboxylic acids is 1. The van der Waals surface area contributed by atoms with E-state index in [-0.39, 0.29) is 5.56 Å². The first-order chi connectivity index (χ1) is 6.68. The third-order valence-corrected chi connectivity index (χ3v) is 1.88. The highest BCUT2D eigenvalue weighted by atomic mass is 16.4. The molecule has 0 radical (unpaired) electrons. The summed E-state index contributed by atoms with van der Waals surface area (Å²) in [4.78, 5) is 27.6. The molecule has 0 aliphatic heterocycles. The summed E-state index contributed by atoms with van der Waals surface area (Å²) in [5.41, 5.74) is -0.173. The number of aromatic nitrogens is 2. The predicted octanol–water partition coefficient (Wildman–Crippen LogP) is 0.621. The molecule has 0 aliphatic rings. The molecule has 0 amide bonds. The monoisotopic (exact) mass is 190 g/mol. The number of nitrogens with one attached hydrogen (secondary N) is 1. The second kappa shape index (κ2) is 2.95. The molecule has 0 bridgehead atoms. The van der Waals surface area contributed by atoms with E-state index in [0.29, 0.717) is 10.9 Å². The van der Waals surface area contributed by atoms with Gasteiger partial charge < -0.3 is 10.1 Å². The quantitative estimate of drug-likeness (QED) is 0.690. The van der Waals surface area contributed by atoms with Crippen LogP contribution in [-0.4, -0.2) is 21.0 Å². The van der Waals surface area contributed by atoms with Crippen molar-refractivity contribution in [3.63, 3.8) is 0 Å². The molecule has 2 aromatic rings. The van der Waals surface area contributed by atoms with Crippen molar-refractivity contribution >= 4 is 16.9 Å². The average Bonchev–Trinajstić information content (AvgIpc) is 2.16. The first-order valence-corrected chi connectivity index (χ1v) is 3.90. The molecular formula is C9H6N2O3. The molecule has 0 spiro atoms. The van der Waals surface area contributed by atoms with Crippen LogP contribution in [0.2, 0.25) is 0 Å². The fourth-order valence-electron chi connectivity index (χ4n) is 1.26. The van der Waals surface area contributed by atoms with Crippen LogP contribution in [0.5, 0.6) is 0 Å². The molecule has 2 N–H and O–H groups in total. The number of carbonyl (C=O) groups is 1. The molecule has 0 saturated heterocycles. The van der Waals surface area contributed by atoms with Gasteiger partial charge in [-0.15, -0.1) is 0 Å². The van der Waals surface area contributed by atoms with Crippen LogP contribution in [0.3, 0.4) is 0 Å².